The van der Waals surface area contributed by atoms with Crippen molar-refractivity contribution in [2.75, 3.05) is 6.54 Å². The average Bonchev–Trinajstić information content (AvgIpc) is 3.22. The zero-order chi connectivity index (χ0) is 20.0. The zero-order valence-corrected chi connectivity index (χ0v) is 15.8. The molecule has 8 heteroatoms. The fourth-order valence-corrected chi connectivity index (χ4v) is 4.41. The molecule has 0 saturated heterocycles. The maximum Gasteiger partial charge on any atom is 0.243 e. The first-order valence-electron chi connectivity index (χ1n) is 8.60. The molecule has 2 heterocycles. The van der Waals surface area contributed by atoms with Gasteiger partial charge in [-0.25, -0.2) is 13.9 Å². The van der Waals surface area contributed by atoms with Crippen molar-refractivity contribution in [2.24, 2.45) is 0 Å². The van der Waals surface area contributed by atoms with Crippen molar-refractivity contribution in [2.45, 2.75) is 17.9 Å². The molecule has 2 N–H and O–H groups in total. The number of benzene rings is 2. The summed E-state index contributed by atoms with van der Waals surface area (Å²) in [6.07, 6.45) is 2.49. The Morgan fingerprint density at radius 1 is 1.00 bits per heavy atom. The number of nitrogens with one attached hydrogen (secondary N) is 1. The third-order valence-electron chi connectivity index (χ3n) is 4.44. The van der Waals surface area contributed by atoms with Crippen molar-refractivity contribution in [1.82, 2.24) is 9.79 Å². The van der Waals surface area contributed by atoms with Gasteiger partial charge >= 0.3 is 0 Å². The number of nitrogens with zero attached hydrogens (tertiary/aromatic N) is 1. The number of sulfonamides is 1. The predicted molar refractivity (Wildman–Crippen MR) is 103 cm³/mol. The summed E-state index contributed by atoms with van der Waals surface area (Å²) >= 11 is 0. The number of amides is 1. The van der Waals surface area contributed by atoms with Crippen molar-refractivity contribution >= 4 is 16.4 Å². The molecule has 0 fully saturated rings. The van der Waals surface area contributed by atoms with Gasteiger partial charge in [0.2, 0.25) is 16.4 Å². The standard InChI is InChI=1S/C19H17NO3S.CH3NO2/c21-24(22,20-12-10-17-11-13-23-19(17)14-20)18-8-6-16(7-9-18)15-4-2-1-3-5-15;3-1-2-4/h1-9,11,13H,10,12,14H2;1,4H,(H,2,3). The van der Waals surface area contributed by atoms with E-state index in [4.69, 9.17) is 14.4 Å². The van der Waals surface area contributed by atoms with Gasteiger partial charge in [-0.15, -0.1) is 0 Å². The third kappa shape index (κ3) is 4.30. The second-order valence-corrected chi connectivity index (χ2v) is 8.03. The van der Waals surface area contributed by atoms with Crippen LogP contribution in [0.4, 0.5) is 0 Å². The van der Waals surface area contributed by atoms with E-state index in [0.717, 1.165) is 22.5 Å². The lowest BCUT2D eigenvalue weighted by Crippen LogP contribution is -2.35. The van der Waals surface area contributed by atoms with E-state index in [1.165, 1.54) is 9.79 Å². The number of carbonyl (C=O) groups is 1. The smallest absolute Gasteiger partial charge is 0.243 e. The SMILES string of the molecule is O=CNO.O=S(=O)(c1ccc(-c2ccccc2)cc1)N1CCc2ccoc2C1. The minimum absolute atomic E-state index is 0.181. The lowest BCUT2D eigenvalue weighted by Gasteiger charge is -2.25. The normalized spacial score (nSPS) is 13.8. The molecule has 0 atom stereocenters. The molecule has 0 saturated carbocycles. The maximum atomic E-state index is 12.9. The molecule has 146 valence electrons. The molecule has 1 aliphatic heterocycles. The van der Waals surface area contributed by atoms with Crippen LogP contribution in [-0.2, 0) is 27.8 Å². The summed E-state index contributed by atoms with van der Waals surface area (Å²) in [6.45, 7) is 0.778. The van der Waals surface area contributed by atoms with Gasteiger partial charge in [0, 0.05) is 6.54 Å². The Balaban J connectivity index is 0.000000516. The molecule has 1 aliphatic rings. The van der Waals surface area contributed by atoms with Crippen LogP contribution in [-0.4, -0.2) is 30.9 Å². The average molecular weight is 400 g/mol. The van der Waals surface area contributed by atoms with Crippen LogP contribution in [0.25, 0.3) is 11.1 Å². The number of furan rings is 1. The van der Waals surface area contributed by atoms with Crippen molar-refractivity contribution < 1.29 is 22.8 Å². The van der Waals surface area contributed by atoms with Crippen molar-refractivity contribution in [3.63, 3.8) is 0 Å². The molecule has 1 aromatic heterocycles. The van der Waals surface area contributed by atoms with Gasteiger partial charge < -0.3 is 4.42 Å². The highest BCUT2D eigenvalue weighted by atomic mass is 32.2. The van der Waals surface area contributed by atoms with Crippen LogP contribution in [0.1, 0.15) is 11.3 Å². The van der Waals surface area contributed by atoms with Crippen LogP contribution in [0.5, 0.6) is 0 Å². The molecule has 0 aliphatic carbocycles. The molecule has 0 spiro atoms. The highest BCUT2D eigenvalue weighted by Gasteiger charge is 2.29. The molecule has 1 amide bonds. The lowest BCUT2D eigenvalue weighted by atomic mass is 10.1. The molecule has 0 bridgehead atoms. The Labute approximate surface area is 163 Å². The van der Waals surface area contributed by atoms with E-state index in [1.54, 1.807) is 18.4 Å². The largest absolute Gasteiger partial charge is 0.468 e. The lowest BCUT2D eigenvalue weighted by molar-refractivity contribution is -0.116. The predicted octanol–water partition coefficient (Wildman–Crippen LogP) is 2.82. The molecular formula is C20H20N2O5S. The van der Waals surface area contributed by atoms with Crippen LogP contribution in [0, 0.1) is 0 Å². The van der Waals surface area contributed by atoms with Gasteiger partial charge in [-0.05, 0) is 41.3 Å². The van der Waals surface area contributed by atoms with E-state index in [0.29, 0.717) is 24.4 Å². The first-order chi connectivity index (χ1) is 13.6. The molecule has 28 heavy (non-hydrogen) atoms. The Kier molecular flexibility index (Phi) is 6.25. The van der Waals surface area contributed by atoms with Gasteiger partial charge in [0.15, 0.2) is 0 Å². The molecule has 0 unspecified atom stereocenters. The topological polar surface area (TPSA) is 99.8 Å². The molecule has 0 radical (unpaired) electrons. The van der Waals surface area contributed by atoms with E-state index >= 15 is 0 Å². The van der Waals surface area contributed by atoms with Crippen LogP contribution in [0.15, 0.2) is 76.2 Å². The van der Waals surface area contributed by atoms with Crippen LogP contribution < -0.4 is 5.48 Å². The fraction of sp³-hybridized carbons (Fsp3) is 0.150. The number of hydrogen-bond acceptors (Lipinski definition) is 5. The molecular weight excluding hydrogens is 380 g/mol. The number of hydroxylamine groups is 1. The van der Waals surface area contributed by atoms with Crippen LogP contribution in [0.3, 0.4) is 0 Å². The third-order valence-corrected chi connectivity index (χ3v) is 6.30. The summed E-state index contributed by atoms with van der Waals surface area (Å²) in [4.78, 5) is 9.13. The van der Waals surface area contributed by atoms with Gasteiger partial charge in [-0.1, -0.05) is 42.5 Å². The highest BCUT2D eigenvalue weighted by molar-refractivity contribution is 7.89. The second-order valence-electron chi connectivity index (χ2n) is 6.09. The number of rotatable bonds is 4. The van der Waals surface area contributed by atoms with E-state index in [2.05, 4.69) is 0 Å². The van der Waals surface area contributed by atoms with Gasteiger partial charge in [0.1, 0.15) is 5.76 Å². The van der Waals surface area contributed by atoms with E-state index in [9.17, 15) is 8.42 Å². The summed E-state index contributed by atoms with van der Waals surface area (Å²) in [5.41, 5.74) is 4.42. The first kappa shape index (κ1) is 19.8. The summed E-state index contributed by atoms with van der Waals surface area (Å²) in [5, 5.41) is 7.26. The van der Waals surface area contributed by atoms with E-state index in [1.807, 2.05) is 48.5 Å². The fourth-order valence-electron chi connectivity index (χ4n) is 3.02. The minimum atomic E-state index is -3.51. The summed E-state index contributed by atoms with van der Waals surface area (Å²) in [5.74, 6) is 0.741. The quantitative estimate of drug-likeness (QED) is 0.399. The van der Waals surface area contributed by atoms with Gasteiger partial charge in [-0.2, -0.15) is 4.31 Å². The summed E-state index contributed by atoms with van der Waals surface area (Å²) in [7, 11) is -3.51. The van der Waals surface area contributed by atoms with Crippen LogP contribution >= 0.6 is 0 Å². The minimum Gasteiger partial charge on any atom is -0.468 e. The zero-order valence-electron chi connectivity index (χ0n) is 15.0. The Morgan fingerprint density at radius 3 is 2.29 bits per heavy atom. The molecule has 7 nitrogen and oxygen atoms in total. The summed E-state index contributed by atoms with van der Waals surface area (Å²) < 4.78 is 32.6. The Morgan fingerprint density at radius 2 is 1.64 bits per heavy atom. The molecule has 4 rings (SSSR count). The van der Waals surface area contributed by atoms with Crippen molar-refractivity contribution in [1.29, 1.82) is 0 Å². The maximum absolute atomic E-state index is 12.9. The van der Waals surface area contributed by atoms with Crippen molar-refractivity contribution in [3.8, 4) is 11.1 Å². The van der Waals surface area contributed by atoms with Gasteiger partial charge in [0.05, 0.1) is 17.7 Å². The highest BCUT2D eigenvalue weighted by Crippen LogP contribution is 2.27. The summed E-state index contributed by atoms with van der Waals surface area (Å²) in [6, 6.07) is 18.9. The Bertz CT molecular complexity index is 1010. The monoisotopic (exact) mass is 400 g/mol. The van der Waals surface area contributed by atoms with Gasteiger partial charge in [-0.3, -0.25) is 10.0 Å². The van der Waals surface area contributed by atoms with Crippen LogP contribution in [0.2, 0.25) is 0 Å². The Hall–Kier alpha value is -2.94. The van der Waals surface area contributed by atoms with E-state index in [-0.39, 0.29) is 6.41 Å². The number of hydrogen-bond donors (Lipinski definition) is 2. The molecule has 3 aromatic rings. The first-order valence-corrected chi connectivity index (χ1v) is 10.0. The number of carbonyl (C=O) groups excluding carboxylic acids is 1. The van der Waals surface area contributed by atoms with E-state index < -0.39 is 10.0 Å². The second kappa shape index (κ2) is 8.83. The number of fused-ring (bicyclic) bond motifs is 1. The van der Waals surface area contributed by atoms with Crippen molar-refractivity contribution in [3.05, 3.63) is 78.3 Å². The molecule has 2 aromatic carbocycles. The van der Waals surface area contributed by atoms with Gasteiger partial charge in [0.25, 0.3) is 0 Å².